The third-order valence-electron chi connectivity index (χ3n) is 3.95. The van der Waals surface area contributed by atoms with Crippen LogP contribution in [-0.2, 0) is 14.6 Å². The number of sulfone groups is 1. The van der Waals surface area contributed by atoms with Crippen molar-refractivity contribution < 1.29 is 17.9 Å². The van der Waals surface area contributed by atoms with Crippen molar-refractivity contribution in [1.29, 1.82) is 0 Å². The Labute approximate surface area is 137 Å². The quantitative estimate of drug-likeness (QED) is 0.864. The summed E-state index contributed by atoms with van der Waals surface area (Å²) in [5.41, 5.74) is 5.00. The van der Waals surface area contributed by atoms with Crippen molar-refractivity contribution in [1.82, 2.24) is 5.32 Å². The second kappa shape index (κ2) is 5.79. The van der Waals surface area contributed by atoms with E-state index in [1.54, 1.807) is 20.8 Å². The van der Waals surface area contributed by atoms with Crippen molar-refractivity contribution in [2.24, 2.45) is 5.73 Å². The Morgan fingerprint density at radius 3 is 2.30 bits per heavy atom. The third kappa shape index (κ3) is 3.67. The lowest BCUT2D eigenvalue weighted by Crippen LogP contribution is -2.48. The Balaban J connectivity index is 2.33. The maximum atomic E-state index is 12.2. The van der Waals surface area contributed by atoms with E-state index in [1.165, 1.54) is 6.26 Å². The van der Waals surface area contributed by atoms with Gasteiger partial charge in [-0.15, -0.1) is 0 Å². The number of hydrogen-bond donors (Lipinski definition) is 2. The molecule has 1 aliphatic rings. The molecule has 1 aromatic rings. The molecule has 1 saturated carbocycles. The molecule has 23 heavy (non-hydrogen) atoms. The van der Waals surface area contributed by atoms with E-state index < -0.39 is 32.3 Å². The molecule has 3 N–H and O–H groups in total. The largest absolute Gasteiger partial charge is 0.444 e. The highest BCUT2D eigenvalue weighted by molar-refractivity contribution is 7.91. The Kier molecular flexibility index (Phi) is 4.47. The molecule has 0 saturated heterocycles. The molecule has 0 aromatic heterocycles. The number of ether oxygens (including phenoxy) is 1. The smallest absolute Gasteiger partial charge is 0.408 e. The Morgan fingerprint density at radius 2 is 1.87 bits per heavy atom. The lowest BCUT2D eigenvalue weighted by Gasteiger charge is -2.24. The number of alkyl carbamates (subject to hydrolysis) is 1. The summed E-state index contributed by atoms with van der Waals surface area (Å²) in [6, 6.07) is 9.21. The SMILES string of the molecule is CC(C)(C)OC(=O)N[C@]1(CN)[C@@H](c2ccccc2)[C@@H]1S(C)(=O)=O. The number of nitrogens with one attached hydrogen (secondary N) is 1. The minimum atomic E-state index is -3.39. The van der Waals surface area contributed by atoms with Gasteiger partial charge in [0.15, 0.2) is 9.84 Å². The van der Waals surface area contributed by atoms with Crippen LogP contribution in [0.4, 0.5) is 4.79 Å². The fraction of sp³-hybridized carbons (Fsp3) is 0.562. The Bertz CT molecular complexity index is 682. The van der Waals surface area contributed by atoms with Crippen LogP contribution < -0.4 is 11.1 Å². The van der Waals surface area contributed by atoms with Gasteiger partial charge in [0.25, 0.3) is 0 Å². The normalized spacial score (nSPS) is 27.3. The van der Waals surface area contributed by atoms with Gasteiger partial charge in [0.05, 0.1) is 10.8 Å². The molecule has 1 aliphatic carbocycles. The highest BCUT2D eigenvalue weighted by Crippen LogP contribution is 2.55. The summed E-state index contributed by atoms with van der Waals surface area (Å²) >= 11 is 0. The molecule has 0 aliphatic heterocycles. The molecule has 0 unspecified atom stereocenters. The van der Waals surface area contributed by atoms with E-state index in [2.05, 4.69) is 5.32 Å². The summed E-state index contributed by atoms with van der Waals surface area (Å²) < 4.78 is 29.6. The average molecular weight is 340 g/mol. The van der Waals surface area contributed by atoms with E-state index in [1.807, 2.05) is 30.3 Å². The predicted octanol–water partition coefficient (Wildman–Crippen LogP) is 1.42. The number of carbonyl (C=O) groups excluding carboxylic acids is 1. The van der Waals surface area contributed by atoms with Crippen molar-refractivity contribution in [2.45, 2.75) is 43.1 Å². The highest BCUT2D eigenvalue weighted by Gasteiger charge is 2.70. The summed E-state index contributed by atoms with van der Waals surface area (Å²) in [6.45, 7) is 5.26. The first kappa shape index (κ1) is 17.7. The fourth-order valence-corrected chi connectivity index (χ4v) is 4.98. The monoisotopic (exact) mass is 340 g/mol. The third-order valence-corrected chi connectivity index (χ3v) is 5.56. The standard InChI is InChI=1S/C16H24N2O4S/c1-15(2,3)22-14(19)18-16(10-17)12(13(16)23(4,20)21)11-8-6-5-7-9-11/h5-9,12-13H,10,17H2,1-4H3,(H,18,19)/t12-,13-,16+/m0/s1. The number of hydrogen-bond acceptors (Lipinski definition) is 5. The van der Waals surface area contributed by atoms with Crippen LogP contribution in [0.15, 0.2) is 30.3 Å². The molecular weight excluding hydrogens is 316 g/mol. The van der Waals surface area contributed by atoms with Crippen molar-refractivity contribution in [3.63, 3.8) is 0 Å². The first-order chi connectivity index (χ1) is 10.5. The summed E-state index contributed by atoms with van der Waals surface area (Å²) in [4.78, 5) is 12.1. The average Bonchev–Trinajstić information content (AvgIpc) is 3.06. The molecule has 1 aromatic carbocycles. The zero-order valence-corrected chi connectivity index (χ0v) is 14.7. The zero-order chi connectivity index (χ0) is 17.5. The topological polar surface area (TPSA) is 98.5 Å². The van der Waals surface area contributed by atoms with Gasteiger partial charge in [-0.1, -0.05) is 30.3 Å². The molecule has 3 atom stereocenters. The summed E-state index contributed by atoms with van der Waals surface area (Å²) in [7, 11) is -3.39. The van der Waals surface area contributed by atoms with Gasteiger partial charge < -0.3 is 15.8 Å². The molecular formula is C16H24N2O4S. The van der Waals surface area contributed by atoms with Gasteiger partial charge in [-0.05, 0) is 26.3 Å². The van der Waals surface area contributed by atoms with Crippen molar-refractivity contribution in [3.8, 4) is 0 Å². The molecule has 0 radical (unpaired) electrons. The van der Waals surface area contributed by atoms with Gasteiger partial charge in [0, 0.05) is 18.7 Å². The van der Waals surface area contributed by atoms with E-state index in [4.69, 9.17) is 10.5 Å². The van der Waals surface area contributed by atoms with E-state index in [0.29, 0.717) is 0 Å². The van der Waals surface area contributed by atoms with Crippen LogP contribution in [0.25, 0.3) is 0 Å². The van der Waals surface area contributed by atoms with Crippen molar-refractivity contribution in [2.75, 3.05) is 12.8 Å². The van der Waals surface area contributed by atoms with Crippen LogP contribution in [0, 0.1) is 0 Å². The van der Waals surface area contributed by atoms with Crippen molar-refractivity contribution in [3.05, 3.63) is 35.9 Å². The number of nitrogens with two attached hydrogens (primary N) is 1. The molecule has 1 amide bonds. The molecule has 6 nitrogen and oxygen atoms in total. The summed E-state index contributed by atoms with van der Waals surface area (Å²) in [6.07, 6.45) is 0.511. The molecule has 1 fully saturated rings. The molecule has 0 bridgehead atoms. The van der Waals surface area contributed by atoms with E-state index in [9.17, 15) is 13.2 Å². The van der Waals surface area contributed by atoms with Gasteiger partial charge >= 0.3 is 6.09 Å². The van der Waals surface area contributed by atoms with Crippen LogP contribution >= 0.6 is 0 Å². The maximum absolute atomic E-state index is 12.2. The summed E-state index contributed by atoms with van der Waals surface area (Å²) in [5.74, 6) is -0.379. The first-order valence-corrected chi connectivity index (χ1v) is 9.42. The minimum Gasteiger partial charge on any atom is -0.444 e. The van der Waals surface area contributed by atoms with Crippen molar-refractivity contribution >= 4 is 15.9 Å². The second-order valence-electron chi connectivity index (χ2n) is 7.01. The molecule has 7 heteroatoms. The first-order valence-electron chi connectivity index (χ1n) is 7.46. The van der Waals surface area contributed by atoms with Crippen LogP contribution in [0.3, 0.4) is 0 Å². The molecule has 128 valence electrons. The van der Waals surface area contributed by atoms with Crippen LogP contribution in [0.2, 0.25) is 0 Å². The lowest BCUT2D eigenvalue weighted by atomic mass is 10.1. The van der Waals surface area contributed by atoms with E-state index in [-0.39, 0.29) is 12.5 Å². The molecule has 0 spiro atoms. The van der Waals surface area contributed by atoms with Gasteiger partial charge in [0.1, 0.15) is 5.60 Å². The predicted molar refractivity (Wildman–Crippen MR) is 89.0 cm³/mol. The molecule has 0 heterocycles. The van der Waals surface area contributed by atoms with Gasteiger partial charge in [-0.2, -0.15) is 0 Å². The van der Waals surface area contributed by atoms with Crippen LogP contribution in [0.5, 0.6) is 0 Å². The highest BCUT2D eigenvalue weighted by atomic mass is 32.2. The number of amides is 1. The minimum absolute atomic E-state index is 0.0174. The summed E-state index contributed by atoms with van der Waals surface area (Å²) in [5, 5.41) is 1.96. The van der Waals surface area contributed by atoms with Gasteiger partial charge in [-0.25, -0.2) is 13.2 Å². The Morgan fingerprint density at radius 1 is 1.30 bits per heavy atom. The van der Waals surface area contributed by atoms with Crippen LogP contribution in [0.1, 0.15) is 32.3 Å². The van der Waals surface area contributed by atoms with Gasteiger partial charge in [-0.3, -0.25) is 0 Å². The number of rotatable bonds is 4. The maximum Gasteiger partial charge on any atom is 0.408 e. The molecule has 2 rings (SSSR count). The number of carbonyl (C=O) groups is 1. The second-order valence-corrected chi connectivity index (χ2v) is 9.18. The number of benzene rings is 1. The zero-order valence-electron chi connectivity index (χ0n) is 13.9. The lowest BCUT2D eigenvalue weighted by molar-refractivity contribution is 0.0497. The van der Waals surface area contributed by atoms with Crippen LogP contribution in [-0.4, -0.2) is 43.7 Å². The van der Waals surface area contributed by atoms with E-state index >= 15 is 0 Å². The van der Waals surface area contributed by atoms with E-state index in [0.717, 1.165) is 5.56 Å². The van der Waals surface area contributed by atoms with Gasteiger partial charge in [0.2, 0.25) is 0 Å². The Hall–Kier alpha value is -1.60. The fourth-order valence-electron chi connectivity index (χ4n) is 3.10.